The summed E-state index contributed by atoms with van der Waals surface area (Å²) in [6, 6.07) is 5.82. The average molecular weight is 324 g/mol. The van der Waals surface area contributed by atoms with Gasteiger partial charge < -0.3 is 10.5 Å². The van der Waals surface area contributed by atoms with Crippen molar-refractivity contribution in [1.29, 1.82) is 0 Å². The lowest BCUT2D eigenvalue weighted by atomic mass is 10.2. The number of ether oxygens (including phenoxy) is 1. The Hall–Kier alpha value is -1.82. The van der Waals surface area contributed by atoms with Gasteiger partial charge in [0.2, 0.25) is 0 Å². The van der Waals surface area contributed by atoms with Gasteiger partial charge in [0, 0.05) is 4.47 Å². The zero-order valence-corrected chi connectivity index (χ0v) is 12.3. The Balaban J connectivity index is 2.47. The first-order valence-corrected chi connectivity index (χ1v) is 6.60. The Morgan fingerprint density at radius 3 is 2.95 bits per heavy atom. The topological polar surface area (TPSA) is 70.1 Å². The SMILES string of the molecule is CCOC(=O)c1ncn(-c2cc(Br)ccc2C)c1N. The minimum atomic E-state index is -0.508. The quantitative estimate of drug-likeness (QED) is 0.881. The Labute approximate surface area is 119 Å². The molecule has 5 nitrogen and oxygen atoms in total. The van der Waals surface area contributed by atoms with Crippen molar-refractivity contribution in [2.75, 3.05) is 12.3 Å². The van der Waals surface area contributed by atoms with Gasteiger partial charge in [0.25, 0.3) is 0 Å². The number of carbonyl (C=O) groups is 1. The second-order valence-corrected chi connectivity index (χ2v) is 4.92. The number of hydrogen-bond acceptors (Lipinski definition) is 4. The standard InChI is InChI=1S/C13H14BrN3O2/c1-3-19-13(18)11-12(15)17(7-16-11)10-6-9(14)5-4-8(10)2/h4-7H,3,15H2,1-2H3. The van der Waals surface area contributed by atoms with Crippen LogP contribution in [0, 0.1) is 6.92 Å². The predicted molar refractivity (Wildman–Crippen MR) is 76.4 cm³/mol. The normalized spacial score (nSPS) is 10.5. The van der Waals surface area contributed by atoms with Crippen LogP contribution >= 0.6 is 15.9 Å². The fraction of sp³-hybridized carbons (Fsp3) is 0.231. The highest BCUT2D eigenvalue weighted by molar-refractivity contribution is 9.10. The van der Waals surface area contributed by atoms with Crippen LogP contribution in [0.25, 0.3) is 5.69 Å². The number of carbonyl (C=O) groups excluding carboxylic acids is 1. The van der Waals surface area contributed by atoms with Gasteiger partial charge in [-0.3, -0.25) is 4.57 Å². The molecule has 1 aromatic carbocycles. The number of rotatable bonds is 3. The molecule has 0 atom stereocenters. The fourth-order valence-electron chi connectivity index (χ4n) is 1.75. The number of benzene rings is 1. The van der Waals surface area contributed by atoms with Gasteiger partial charge in [0.05, 0.1) is 12.3 Å². The van der Waals surface area contributed by atoms with Crippen LogP contribution in [0.3, 0.4) is 0 Å². The van der Waals surface area contributed by atoms with Crippen LogP contribution < -0.4 is 5.73 Å². The molecule has 19 heavy (non-hydrogen) atoms. The van der Waals surface area contributed by atoms with E-state index in [4.69, 9.17) is 10.5 Å². The van der Waals surface area contributed by atoms with Crippen LogP contribution in [-0.4, -0.2) is 22.1 Å². The molecule has 6 heteroatoms. The molecule has 0 radical (unpaired) electrons. The molecule has 0 bridgehead atoms. The van der Waals surface area contributed by atoms with E-state index in [-0.39, 0.29) is 11.5 Å². The van der Waals surface area contributed by atoms with Crippen LogP contribution in [0.2, 0.25) is 0 Å². The number of halogens is 1. The second-order valence-electron chi connectivity index (χ2n) is 4.00. The molecule has 0 spiro atoms. The van der Waals surface area contributed by atoms with Crippen molar-refractivity contribution < 1.29 is 9.53 Å². The molecule has 1 aromatic heterocycles. The van der Waals surface area contributed by atoms with E-state index in [2.05, 4.69) is 20.9 Å². The van der Waals surface area contributed by atoms with Crippen LogP contribution in [-0.2, 0) is 4.74 Å². The maximum atomic E-state index is 11.7. The molecule has 0 fully saturated rings. The van der Waals surface area contributed by atoms with Gasteiger partial charge >= 0.3 is 5.97 Å². The highest BCUT2D eigenvalue weighted by atomic mass is 79.9. The summed E-state index contributed by atoms with van der Waals surface area (Å²) in [5.41, 5.74) is 8.01. The second kappa shape index (κ2) is 5.44. The van der Waals surface area contributed by atoms with E-state index in [0.717, 1.165) is 15.7 Å². The maximum absolute atomic E-state index is 11.7. The fourth-order valence-corrected chi connectivity index (χ4v) is 2.10. The van der Waals surface area contributed by atoms with Crippen molar-refractivity contribution in [1.82, 2.24) is 9.55 Å². The Morgan fingerprint density at radius 1 is 1.53 bits per heavy atom. The molecule has 2 rings (SSSR count). The van der Waals surface area contributed by atoms with Crippen molar-refractivity contribution in [2.24, 2.45) is 0 Å². The van der Waals surface area contributed by atoms with Crippen LogP contribution in [0.15, 0.2) is 29.0 Å². The predicted octanol–water partition coefficient (Wildman–Crippen LogP) is 2.70. The third-order valence-electron chi connectivity index (χ3n) is 2.70. The molecular formula is C13H14BrN3O2. The smallest absolute Gasteiger partial charge is 0.360 e. The molecule has 0 saturated carbocycles. The number of aromatic nitrogens is 2. The Bertz CT molecular complexity index is 622. The number of nitrogens with two attached hydrogens (primary N) is 1. The summed E-state index contributed by atoms with van der Waals surface area (Å²) >= 11 is 3.41. The van der Waals surface area contributed by atoms with E-state index in [0.29, 0.717) is 6.61 Å². The minimum absolute atomic E-state index is 0.140. The highest BCUT2D eigenvalue weighted by Crippen LogP contribution is 2.24. The summed E-state index contributed by atoms with van der Waals surface area (Å²) < 4.78 is 7.51. The number of nitrogens with zero attached hydrogens (tertiary/aromatic N) is 2. The molecule has 0 aliphatic rings. The zero-order valence-electron chi connectivity index (χ0n) is 10.7. The number of hydrogen-bond donors (Lipinski definition) is 1. The van der Waals surface area contributed by atoms with E-state index in [1.807, 2.05) is 25.1 Å². The first-order valence-electron chi connectivity index (χ1n) is 5.81. The summed E-state index contributed by atoms with van der Waals surface area (Å²) in [4.78, 5) is 15.7. The van der Waals surface area contributed by atoms with Crippen LogP contribution in [0.1, 0.15) is 23.0 Å². The number of esters is 1. The molecule has 0 aliphatic heterocycles. The largest absolute Gasteiger partial charge is 0.461 e. The Kier molecular flexibility index (Phi) is 3.90. The average Bonchev–Trinajstić information content (AvgIpc) is 2.74. The Morgan fingerprint density at radius 2 is 2.26 bits per heavy atom. The number of aryl methyl sites for hydroxylation is 1. The van der Waals surface area contributed by atoms with Crippen molar-refractivity contribution in [3.05, 3.63) is 40.3 Å². The van der Waals surface area contributed by atoms with Gasteiger partial charge in [0.15, 0.2) is 5.69 Å². The molecule has 1 heterocycles. The van der Waals surface area contributed by atoms with E-state index >= 15 is 0 Å². The molecule has 2 N–H and O–H groups in total. The highest BCUT2D eigenvalue weighted by Gasteiger charge is 2.18. The minimum Gasteiger partial charge on any atom is -0.461 e. The van der Waals surface area contributed by atoms with E-state index in [1.165, 1.54) is 6.33 Å². The van der Waals surface area contributed by atoms with Gasteiger partial charge in [-0.15, -0.1) is 0 Å². The molecule has 0 amide bonds. The van der Waals surface area contributed by atoms with Gasteiger partial charge in [-0.25, -0.2) is 9.78 Å². The van der Waals surface area contributed by atoms with E-state index < -0.39 is 5.97 Å². The van der Waals surface area contributed by atoms with E-state index in [9.17, 15) is 4.79 Å². The molecule has 100 valence electrons. The summed E-state index contributed by atoms with van der Waals surface area (Å²) in [5.74, 6) is -0.231. The van der Waals surface area contributed by atoms with Crippen molar-refractivity contribution >= 4 is 27.7 Å². The van der Waals surface area contributed by atoms with Crippen LogP contribution in [0.4, 0.5) is 5.82 Å². The summed E-state index contributed by atoms with van der Waals surface area (Å²) in [7, 11) is 0. The maximum Gasteiger partial charge on any atom is 0.360 e. The molecule has 0 aliphatic carbocycles. The summed E-state index contributed by atoms with van der Waals surface area (Å²) in [6.07, 6.45) is 1.52. The summed E-state index contributed by atoms with van der Waals surface area (Å²) in [5, 5.41) is 0. The van der Waals surface area contributed by atoms with Gasteiger partial charge in [-0.2, -0.15) is 0 Å². The molecular weight excluding hydrogens is 310 g/mol. The van der Waals surface area contributed by atoms with Gasteiger partial charge in [-0.1, -0.05) is 22.0 Å². The number of nitrogen functional groups attached to an aromatic ring is 1. The zero-order chi connectivity index (χ0) is 14.0. The lowest BCUT2D eigenvalue weighted by Crippen LogP contribution is -2.09. The lowest BCUT2D eigenvalue weighted by Gasteiger charge is -2.09. The monoisotopic (exact) mass is 323 g/mol. The van der Waals surface area contributed by atoms with Crippen LogP contribution in [0.5, 0.6) is 0 Å². The molecule has 0 unspecified atom stereocenters. The third-order valence-corrected chi connectivity index (χ3v) is 3.20. The first kappa shape index (κ1) is 13.6. The van der Waals surface area contributed by atoms with E-state index in [1.54, 1.807) is 11.5 Å². The number of imidazole rings is 1. The number of anilines is 1. The van der Waals surface area contributed by atoms with Gasteiger partial charge in [-0.05, 0) is 31.5 Å². The third kappa shape index (κ3) is 2.63. The molecule has 2 aromatic rings. The van der Waals surface area contributed by atoms with Gasteiger partial charge in [0.1, 0.15) is 12.1 Å². The van der Waals surface area contributed by atoms with Crippen molar-refractivity contribution in [3.63, 3.8) is 0 Å². The van der Waals surface area contributed by atoms with Crippen molar-refractivity contribution in [2.45, 2.75) is 13.8 Å². The molecule has 0 saturated heterocycles. The van der Waals surface area contributed by atoms with Crippen molar-refractivity contribution in [3.8, 4) is 5.69 Å². The lowest BCUT2D eigenvalue weighted by molar-refractivity contribution is 0.0521. The first-order chi connectivity index (χ1) is 9.04. The summed E-state index contributed by atoms with van der Waals surface area (Å²) in [6.45, 7) is 4.00.